The van der Waals surface area contributed by atoms with Gasteiger partial charge in [-0.3, -0.25) is 4.79 Å². The van der Waals surface area contributed by atoms with Crippen LogP contribution in [0.4, 0.5) is 0 Å². The molecule has 1 heterocycles. The standard InChI is InChI=1S/C10H9NO3S/c1-6(10(13)14)11-9(12)7-4-2-3-5-8(7)15-11/h2-6H,1H3,(H,13,14)/t6-/m1/s1. The van der Waals surface area contributed by atoms with Gasteiger partial charge in [0.05, 0.1) is 10.1 Å². The van der Waals surface area contributed by atoms with Crippen LogP contribution < -0.4 is 5.56 Å². The fourth-order valence-electron chi connectivity index (χ4n) is 1.34. The van der Waals surface area contributed by atoms with Crippen molar-refractivity contribution < 1.29 is 9.90 Å². The Morgan fingerprint density at radius 2 is 2.13 bits per heavy atom. The minimum absolute atomic E-state index is 0.231. The van der Waals surface area contributed by atoms with Crippen LogP contribution in [-0.4, -0.2) is 15.0 Å². The molecule has 15 heavy (non-hydrogen) atoms. The van der Waals surface area contributed by atoms with Crippen molar-refractivity contribution in [3.8, 4) is 0 Å². The Balaban J connectivity index is 2.68. The quantitative estimate of drug-likeness (QED) is 0.843. The predicted molar refractivity (Wildman–Crippen MR) is 58.4 cm³/mol. The highest BCUT2D eigenvalue weighted by atomic mass is 32.1. The third-order valence-corrected chi connectivity index (χ3v) is 3.45. The van der Waals surface area contributed by atoms with Gasteiger partial charge >= 0.3 is 5.97 Å². The number of aromatic nitrogens is 1. The molecule has 0 saturated heterocycles. The Bertz CT molecular complexity index is 569. The van der Waals surface area contributed by atoms with Crippen molar-refractivity contribution in [1.82, 2.24) is 3.96 Å². The van der Waals surface area contributed by atoms with Crippen LogP contribution in [0.3, 0.4) is 0 Å². The molecular weight excluding hydrogens is 214 g/mol. The second-order valence-corrected chi connectivity index (χ2v) is 4.25. The molecule has 0 saturated carbocycles. The number of carboxylic acid groups (broad SMARTS) is 1. The summed E-state index contributed by atoms with van der Waals surface area (Å²) in [7, 11) is 0. The molecule has 0 aliphatic carbocycles. The van der Waals surface area contributed by atoms with E-state index in [4.69, 9.17) is 5.11 Å². The first-order valence-corrected chi connectivity index (χ1v) is 5.22. The summed E-state index contributed by atoms with van der Waals surface area (Å²) in [6, 6.07) is 6.31. The van der Waals surface area contributed by atoms with Gasteiger partial charge in [0, 0.05) is 0 Å². The van der Waals surface area contributed by atoms with Gasteiger partial charge < -0.3 is 5.11 Å². The lowest BCUT2D eigenvalue weighted by Crippen LogP contribution is -2.22. The first-order valence-electron chi connectivity index (χ1n) is 4.44. The Morgan fingerprint density at radius 3 is 2.73 bits per heavy atom. The first-order chi connectivity index (χ1) is 7.11. The summed E-state index contributed by atoms with van der Waals surface area (Å²) in [6.07, 6.45) is 0. The molecule has 0 bridgehead atoms. The molecule has 1 aromatic heterocycles. The van der Waals surface area contributed by atoms with E-state index in [0.717, 1.165) is 4.70 Å². The van der Waals surface area contributed by atoms with E-state index in [2.05, 4.69) is 0 Å². The third-order valence-electron chi connectivity index (χ3n) is 2.22. The zero-order valence-corrected chi connectivity index (χ0v) is 8.82. The second-order valence-electron chi connectivity index (χ2n) is 3.23. The van der Waals surface area contributed by atoms with E-state index in [1.54, 1.807) is 12.1 Å². The number of nitrogens with zero attached hydrogens (tertiary/aromatic N) is 1. The number of hydrogen-bond acceptors (Lipinski definition) is 3. The van der Waals surface area contributed by atoms with Crippen molar-refractivity contribution in [3.05, 3.63) is 34.6 Å². The number of fused-ring (bicyclic) bond motifs is 1. The summed E-state index contributed by atoms with van der Waals surface area (Å²) in [5.74, 6) is -0.997. The van der Waals surface area contributed by atoms with E-state index in [-0.39, 0.29) is 5.56 Å². The van der Waals surface area contributed by atoms with Crippen LogP contribution in [0, 0.1) is 0 Å². The van der Waals surface area contributed by atoms with Gasteiger partial charge in [0.15, 0.2) is 0 Å². The molecule has 0 aliphatic heterocycles. The van der Waals surface area contributed by atoms with Crippen molar-refractivity contribution >= 4 is 27.6 Å². The normalized spacial score (nSPS) is 12.9. The van der Waals surface area contributed by atoms with Crippen LogP contribution in [0.15, 0.2) is 29.1 Å². The zero-order valence-electron chi connectivity index (χ0n) is 8.01. The van der Waals surface area contributed by atoms with Gasteiger partial charge in [-0.25, -0.2) is 8.75 Å². The molecule has 0 aliphatic rings. The maximum Gasteiger partial charge on any atom is 0.327 e. The van der Waals surface area contributed by atoms with Crippen LogP contribution in [0.2, 0.25) is 0 Å². The highest BCUT2D eigenvalue weighted by Crippen LogP contribution is 2.19. The molecule has 1 atom stereocenters. The molecule has 0 unspecified atom stereocenters. The number of benzene rings is 1. The Hall–Kier alpha value is -1.62. The van der Waals surface area contributed by atoms with E-state index in [9.17, 15) is 9.59 Å². The SMILES string of the molecule is C[C@H](C(=O)O)n1sc2ccccc2c1=O. The number of hydrogen-bond donors (Lipinski definition) is 1. The Kier molecular flexibility index (Phi) is 2.32. The van der Waals surface area contributed by atoms with Gasteiger partial charge in [-0.05, 0) is 19.1 Å². The van der Waals surface area contributed by atoms with Gasteiger partial charge in [0.1, 0.15) is 6.04 Å². The van der Waals surface area contributed by atoms with E-state index in [0.29, 0.717) is 5.39 Å². The topological polar surface area (TPSA) is 59.3 Å². The summed E-state index contributed by atoms with van der Waals surface area (Å²) in [4.78, 5) is 22.6. The molecule has 2 rings (SSSR count). The van der Waals surface area contributed by atoms with Crippen molar-refractivity contribution in [3.63, 3.8) is 0 Å². The van der Waals surface area contributed by atoms with Gasteiger partial charge in [-0.2, -0.15) is 0 Å². The fraction of sp³-hybridized carbons (Fsp3) is 0.200. The van der Waals surface area contributed by atoms with Crippen LogP contribution in [-0.2, 0) is 4.79 Å². The van der Waals surface area contributed by atoms with Gasteiger partial charge in [-0.15, -0.1) is 0 Å². The monoisotopic (exact) mass is 223 g/mol. The Morgan fingerprint density at radius 1 is 1.47 bits per heavy atom. The number of rotatable bonds is 2. The summed E-state index contributed by atoms with van der Waals surface area (Å²) in [5, 5.41) is 9.41. The summed E-state index contributed by atoms with van der Waals surface area (Å²) in [5.41, 5.74) is -0.231. The highest BCUT2D eigenvalue weighted by Gasteiger charge is 2.18. The molecule has 0 spiro atoms. The maximum atomic E-state index is 11.8. The lowest BCUT2D eigenvalue weighted by Gasteiger charge is -2.03. The minimum atomic E-state index is -0.997. The summed E-state index contributed by atoms with van der Waals surface area (Å²) < 4.78 is 2.10. The average molecular weight is 223 g/mol. The van der Waals surface area contributed by atoms with Crippen LogP contribution in [0.5, 0.6) is 0 Å². The van der Waals surface area contributed by atoms with Crippen molar-refractivity contribution in [2.24, 2.45) is 0 Å². The van der Waals surface area contributed by atoms with Gasteiger partial charge in [0.2, 0.25) is 0 Å². The highest BCUT2D eigenvalue weighted by molar-refractivity contribution is 7.13. The van der Waals surface area contributed by atoms with Crippen LogP contribution >= 0.6 is 11.5 Å². The summed E-state index contributed by atoms with van der Waals surface area (Å²) in [6.45, 7) is 1.50. The molecule has 1 N–H and O–H groups in total. The van der Waals surface area contributed by atoms with Gasteiger partial charge in [-0.1, -0.05) is 23.7 Å². The minimum Gasteiger partial charge on any atom is -0.480 e. The molecule has 78 valence electrons. The largest absolute Gasteiger partial charge is 0.480 e. The smallest absolute Gasteiger partial charge is 0.327 e. The first kappa shape index (κ1) is 9.92. The number of carboxylic acids is 1. The Labute approximate surface area is 89.5 Å². The zero-order chi connectivity index (χ0) is 11.0. The van der Waals surface area contributed by atoms with Crippen molar-refractivity contribution in [1.29, 1.82) is 0 Å². The molecule has 4 nitrogen and oxygen atoms in total. The molecule has 0 fully saturated rings. The molecule has 0 radical (unpaired) electrons. The van der Waals surface area contributed by atoms with E-state index in [1.165, 1.54) is 22.4 Å². The molecule has 2 aromatic rings. The molecule has 0 amide bonds. The fourth-order valence-corrected chi connectivity index (χ4v) is 2.38. The second kappa shape index (κ2) is 3.51. The van der Waals surface area contributed by atoms with E-state index in [1.807, 2.05) is 12.1 Å². The molecule has 1 aromatic carbocycles. The van der Waals surface area contributed by atoms with Crippen LogP contribution in [0.1, 0.15) is 13.0 Å². The summed E-state index contributed by atoms with van der Waals surface area (Å²) >= 11 is 1.18. The van der Waals surface area contributed by atoms with E-state index < -0.39 is 12.0 Å². The van der Waals surface area contributed by atoms with Gasteiger partial charge in [0.25, 0.3) is 5.56 Å². The van der Waals surface area contributed by atoms with Crippen molar-refractivity contribution in [2.45, 2.75) is 13.0 Å². The lowest BCUT2D eigenvalue weighted by atomic mass is 10.3. The van der Waals surface area contributed by atoms with Crippen LogP contribution in [0.25, 0.3) is 10.1 Å². The lowest BCUT2D eigenvalue weighted by molar-refractivity contribution is -0.140. The number of carbonyl (C=O) groups is 1. The molecule has 5 heteroatoms. The predicted octanol–water partition coefficient (Wildman–Crippen LogP) is 1.71. The average Bonchev–Trinajstić information content (AvgIpc) is 2.56. The third kappa shape index (κ3) is 1.55. The van der Waals surface area contributed by atoms with Crippen molar-refractivity contribution in [2.75, 3.05) is 0 Å². The maximum absolute atomic E-state index is 11.8. The number of aliphatic carboxylic acids is 1. The van der Waals surface area contributed by atoms with E-state index >= 15 is 0 Å². The molecular formula is C10H9NO3S.